The lowest BCUT2D eigenvalue weighted by molar-refractivity contribution is 0.0243. The van der Waals surface area contributed by atoms with Crippen LogP contribution < -0.4 is 16.0 Å². The molecule has 1 aromatic rings. The summed E-state index contributed by atoms with van der Waals surface area (Å²) in [5, 5.41) is 9.38. The zero-order valence-corrected chi connectivity index (χ0v) is 17.5. The summed E-state index contributed by atoms with van der Waals surface area (Å²) in [5.41, 5.74) is 0.741. The lowest BCUT2D eigenvalue weighted by atomic mass is 10.0. The molecule has 1 fully saturated rings. The van der Waals surface area contributed by atoms with E-state index in [0.29, 0.717) is 18.8 Å². The number of nitrogens with zero attached hydrogens (tertiary/aromatic N) is 1. The van der Waals surface area contributed by atoms with E-state index in [9.17, 15) is 4.79 Å². The van der Waals surface area contributed by atoms with E-state index in [-0.39, 0.29) is 35.5 Å². The number of hydrogen-bond donors (Lipinski definition) is 3. The zero-order valence-electron chi connectivity index (χ0n) is 15.2. The Morgan fingerprint density at radius 1 is 1.32 bits per heavy atom. The van der Waals surface area contributed by atoms with Gasteiger partial charge in [-0.25, -0.2) is 0 Å². The minimum Gasteiger partial charge on any atom is -0.459 e. The van der Waals surface area contributed by atoms with Crippen molar-refractivity contribution < 1.29 is 13.9 Å². The third-order valence-corrected chi connectivity index (χ3v) is 4.15. The normalized spacial score (nSPS) is 20.0. The number of halogens is 1. The topological polar surface area (TPSA) is 87.9 Å². The minimum absolute atomic E-state index is 0. The summed E-state index contributed by atoms with van der Waals surface area (Å²) in [6.45, 7) is 6.83. The molecule has 1 aliphatic heterocycles. The molecule has 25 heavy (non-hydrogen) atoms. The summed E-state index contributed by atoms with van der Waals surface area (Å²) in [6, 6.07) is 1.78. The number of amides is 1. The largest absolute Gasteiger partial charge is 0.459 e. The highest BCUT2D eigenvalue weighted by Crippen LogP contribution is 2.23. The first-order chi connectivity index (χ1) is 11.5. The first-order valence-electron chi connectivity index (χ1n) is 8.45. The van der Waals surface area contributed by atoms with Crippen molar-refractivity contribution in [2.45, 2.75) is 38.7 Å². The molecular weight excluding hydrogens is 435 g/mol. The van der Waals surface area contributed by atoms with Crippen molar-refractivity contribution in [3.05, 3.63) is 23.7 Å². The Kier molecular flexibility index (Phi) is 9.26. The quantitative estimate of drug-likeness (QED) is 0.249. The molecule has 3 N–H and O–H groups in total. The summed E-state index contributed by atoms with van der Waals surface area (Å²) in [4.78, 5) is 16.1. The van der Waals surface area contributed by atoms with Gasteiger partial charge in [-0.3, -0.25) is 9.79 Å². The highest BCUT2D eigenvalue weighted by Gasteiger charge is 2.29. The highest BCUT2D eigenvalue weighted by atomic mass is 127. The van der Waals surface area contributed by atoms with Gasteiger partial charge in [-0.05, 0) is 39.2 Å². The van der Waals surface area contributed by atoms with Crippen molar-refractivity contribution in [2.24, 2.45) is 4.99 Å². The van der Waals surface area contributed by atoms with Crippen molar-refractivity contribution in [3.8, 4) is 0 Å². The summed E-state index contributed by atoms with van der Waals surface area (Å²) in [5.74, 6) is 0.955. The number of guanidine groups is 1. The van der Waals surface area contributed by atoms with Gasteiger partial charge in [-0.15, -0.1) is 24.0 Å². The summed E-state index contributed by atoms with van der Waals surface area (Å²) < 4.78 is 10.9. The molecular formula is C17H29IN4O3. The monoisotopic (exact) mass is 464 g/mol. The lowest BCUT2D eigenvalue weighted by Gasteiger charge is -2.24. The highest BCUT2D eigenvalue weighted by molar-refractivity contribution is 14.0. The van der Waals surface area contributed by atoms with Crippen LogP contribution in [0.5, 0.6) is 0 Å². The van der Waals surface area contributed by atoms with Crippen LogP contribution in [0.4, 0.5) is 0 Å². The Labute approximate surface area is 166 Å². The van der Waals surface area contributed by atoms with Crippen molar-refractivity contribution in [1.29, 1.82) is 0 Å². The molecule has 0 aromatic carbocycles. The summed E-state index contributed by atoms with van der Waals surface area (Å²) in [7, 11) is 1.74. The Bertz CT molecular complexity index is 568. The van der Waals surface area contributed by atoms with Crippen LogP contribution >= 0.6 is 24.0 Å². The molecule has 1 unspecified atom stereocenters. The van der Waals surface area contributed by atoms with Crippen molar-refractivity contribution in [1.82, 2.24) is 16.0 Å². The Balaban J connectivity index is 0.00000312. The molecule has 8 heteroatoms. The fourth-order valence-electron chi connectivity index (χ4n) is 2.65. The molecule has 1 aromatic heterocycles. The van der Waals surface area contributed by atoms with Crippen LogP contribution in [0.15, 0.2) is 21.7 Å². The van der Waals surface area contributed by atoms with Gasteiger partial charge in [0.25, 0.3) is 5.91 Å². The van der Waals surface area contributed by atoms with Crippen molar-refractivity contribution in [2.75, 3.05) is 33.3 Å². The van der Waals surface area contributed by atoms with Gasteiger partial charge in [0.1, 0.15) is 0 Å². The number of carbonyl (C=O) groups is 1. The minimum atomic E-state index is -0.175. The lowest BCUT2D eigenvalue weighted by Crippen LogP contribution is -2.46. The average molecular weight is 464 g/mol. The second-order valence-electron chi connectivity index (χ2n) is 6.30. The number of carbonyl (C=O) groups excluding carboxylic acids is 1. The smallest absolute Gasteiger partial charge is 0.287 e. The first-order valence-corrected chi connectivity index (χ1v) is 8.45. The van der Waals surface area contributed by atoms with Crippen LogP contribution in [-0.4, -0.2) is 50.8 Å². The van der Waals surface area contributed by atoms with Crippen LogP contribution in [0.3, 0.4) is 0 Å². The van der Waals surface area contributed by atoms with Crippen LogP contribution in [0.1, 0.15) is 42.3 Å². The van der Waals surface area contributed by atoms with Crippen LogP contribution in [0.2, 0.25) is 0 Å². The number of ether oxygens (including phenoxy) is 1. The van der Waals surface area contributed by atoms with Gasteiger partial charge in [0.05, 0.1) is 11.9 Å². The number of aryl methyl sites for hydroxylation is 1. The van der Waals surface area contributed by atoms with Gasteiger partial charge < -0.3 is 25.1 Å². The predicted molar refractivity (Wildman–Crippen MR) is 109 cm³/mol. The Hall–Kier alpha value is -1.29. The maximum atomic E-state index is 11.9. The molecule has 1 aliphatic rings. The van der Waals surface area contributed by atoms with Gasteiger partial charge in [0.2, 0.25) is 0 Å². The van der Waals surface area contributed by atoms with E-state index in [1.54, 1.807) is 13.1 Å². The van der Waals surface area contributed by atoms with Crippen molar-refractivity contribution >= 4 is 35.8 Å². The zero-order chi connectivity index (χ0) is 17.4. The van der Waals surface area contributed by atoms with E-state index < -0.39 is 0 Å². The van der Waals surface area contributed by atoms with Crippen LogP contribution in [0.25, 0.3) is 0 Å². The number of furan rings is 1. The molecule has 0 saturated carbocycles. The molecule has 0 bridgehead atoms. The van der Waals surface area contributed by atoms with E-state index in [2.05, 4.69) is 27.9 Å². The fourth-order valence-corrected chi connectivity index (χ4v) is 2.65. The van der Waals surface area contributed by atoms with E-state index in [4.69, 9.17) is 9.15 Å². The van der Waals surface area contributed by atoms with Gasteiger partial charge in [-0.1, -0.05) is 0 Å². The molecule has 1 amide bonds. The molecule has 1 saturated heterocycles. The standard InChI is InChI=1S/C17H28N4O3.HI/c1-13-6-11-23-14(13)15(22)19-8-5-9-20-16(18-3)21-12-17(2)7-4-10-24-17;/h6,11H,4-5,7-10,12H2,1-3H3,(H,19,22)(H2,18,20,21);1H. The molecule has 7 nitrogen and oxygen atoms in total. The second-order valence-corrected chi connectivity index (χ2v) is 6.30. The Morgan fingerprint density at radius 3 is 2.68 bits per heavy atom. The second kappa shape index (κ2) is 10.6. The third kappa shape index (κ3) is 6.85. The number of hydrogen-bond acceptors (Lipinski definition) is 4. The summed E-state index contributed by atoms with van der Waals surface area (Å²) >= 11 is 0. The first kappa shape index (κ1) is 21.8. The van der Waals surface area contributed by atoms with Crippen molar-refractivity contribution in [3.63, 3.8) is 0 Å². The van der Waals surface area contributed by atoms with Crippen LogP contribution in [-0.2, 0) is 4.74 Å². The molecule has 0 aliphatic carbocycles. The van der Waals surface area contributed by atoms with E-state index >= 15 is 0 Å². The maximum Gasteiger partial charge on any atom is 0.287 e. The molecule has 0 spiro atoms. The van der Waals surface area contributed by atoms with Gasteiger partial charge in [-0.2, -0.15) is 0 Å². The summed E-state index contributed by atoms with van der Waals surface area (Å²) in [6.07, 6.45) is 4.49. The molecule has 1 atom stereocenters. The van der Waals surface area contributed by atoms with Gasteiger partial charge in [0, 0.05) is 38.9 Å². The molecule has 2 rings (SSSR count). The van der Waals surface area contributed by atoms with E-state index in [0.717, 1.165) is 43.9 Å². The average Bonchev–Trinajstić information content (AvgIpc) is 3.19. The predicted octanol–water partition coefficient (Wildman–Crippen LogP) is 2.06. The number of rotatable bonds is 7. The molecule has 142 valence electrons. The van der Waals surface area contributed by atoms with Crippen LogP contribution in [0, 0.1) is 6.92 Å². The number of nitrogens with one attached hydrogen (secondary N) is 3. The molecule has 2 heterocycles. The van der Waals surface area contributed by atoms with E-state index in [1.165, 1.54) is 6.26 Å². The van der Waals surface area contributed by atoms with Gasteiger partial charge >= 0.3 is 0 Å². The van der Waals surface area contributed by atoms with E-state index in [1.807, 2.05) is 6.92 Å². The fraction of sp³-hybridized carbons (Fsp3) is 0.647. The number of aliphatic imine (C=N–C) groups is 1. The maximum absolute atomic E-state index is 11.9. The van der Waals surface area contributed by atoms with Gasteiger partial charge in [0.15, 0.2) is 11.7 Å². The SMILES string of the molecule is CN=C(NCCCNC(=O)c1occc1C)NCC1(C)CCCO1.I. The molecule has 0 radical (unpaired) electrons. The third-order valence-electron chi connectivity index (χ3n) is 4.15. The Morgan fingerprint density at radius 2 is 2.08 bits per heavy atom.